The van der Waals surface area contributed by atoms with Crippen LogP contribution in [-0.4, -0.2) is 27.2 Å². The Morgan fingerprint density at radius 1 is 1.47 bits per heavy atom. The van der Waals surface area contributed by atoms with Gasteiger partial charge in [-0.15, -0.1) is 0 Å². The van der Waals surface area contributed by atoms with Gasteiger partial charge in [-0.25, -0.2) is 28.0 Å². The second kappa shape index (κ2) is 5.12. The molecule has 2 rings (SSSR count). The summed E-state index contributed by atoms with van der Waals surface area (Å²) in [6.45, 7) is 0.0800. The highest BCUT2D eigenvalue weighted by atomic mass is 19.3. The van der Waals surface area contributed by atoms with Crippen LogP contribution in [0.4, 0.5) is 19.0 Å². The minimum atomic E-state index is -2.77. The molecule has 2 aromatic rings. The maximum atomic E-state index is 13.6. The van der Waals surface area contributed by atoms with Gasteiger partial charge in [-0.1, -0.05) is 0 Å². The number of H-pyrrole nitrogens is 2. The summed E-state index contributed by atoms with van der Waals surface area (Å²) in [7, 11) is 1.50. The lowest BCUT2D eigenvalue weighted by Gasteiger charge is -2.17. The van der Waals surface area contributed by atoms with Crippen molar-refractivity contribution in [2.24, 2.45) is 0 Å². The van der Waals surface area contributed by atoms with Gasteiger partial charge < -0.3 is 4.90 Å². The zero-order valence-electron chi connectivity index (χ0n) is 9.82. The van der Waals surface area contributed by atoms with Gasteiger partial charge in [0.1, 0.15) is 5.82 Å². The summed E-state index contributed by atoms with van der Waals surface area (Å²) < 4.78 is 38.3. The molecule has 0 saturated carbocycles. The number of rotatable bonds is 4. The van der Waals surface area contributed by atoms with E-state index in [1.807, 2.05) is 0 Å². The Hall–Kier alpha value is -2.32. The molecular formula is C10H10F3N5O. The van der Waals surface area contributed by atoms with Crippen molar-refractivity contribution < 1.29 is 13.2 Å². The number of hydrogen-bond donors (Lipinski definition) is 2. The molecule has 19 heavy (non-hydrogen) atoms. The third-order valence-electron chi connectivity index (χ3n) is 2.39. The SMILES string of the molecule is CN(Cc1n[nH]c(=O)[nH]1)c1ncc(C(F)F)cc1F. The summed E-state index contributed by atoms with van der Waals surface area (Å²) in [4.78, 5) is 18.2. The number of nitrogens with zero attached hydrogens (tertiary/aromatic N) is 3. The van der Waals surface area contributed by atoms with E-state index in [9.17, 15) is 18.0 Å². The Balaban J connectivity index is 2.19. The molecule has 0 bridgehead atoms. The molecule has 6 nitrogen and oxygen atoms in total. The number of nitrogens with one attached hydrogen (secondary N) is 2. The van der Waals surface area contributed by atoms with Crippen molar-refractivity contribution in [3.8, 4) is 0 Å². The number of pyridine rings is 1. The number of hydrogen-bond acceptors (Lipinski definition) is 4. The van der Waals surface area contributed by atoms with E-state index in [1.54, 1.807) is 0 Å². The van der Waals surface area contributed by atoms with Crippen molar-refractivity contribution in [1.29, 1.82) is 0 Å². The summed E-state index contributed by atoms with van der Waals surface area (Å²) >= 11 is 0. The largest absolute Gasteiger partial charge is 0.350 e. The third kappa shape index (κ3) is 2.92. The first-order valence-electron chi connectivity index (χ1n) is 5.25. The van der Waals surface area contributed by atoms with Crippen LogP contribution in [0.5, 0.6) is 0 Å². The molecule has 0 spiro atoms. The second-order valence-corrected chi connectivity index (χ2v) is 3.86. The fourth-order valence-corrected chi connectivity index (χ4v) is 1.53. The van der Waals surface area contributed by atoms with Gasteiger partial charge in [0.05, 0.1) is 6.54 Å². The summed E-state index contributed by atoms with van der Waals surface area (Å²) in [5, 5.41) is 5.81. The first-order valence-corrected chi connectivity index (χ1v) is 5.25. The van der Waals surface area contributed by atoms with E-state index < -0.39 is 23.5 Å². The molecular weight excluding hydrogens is 263 g/mol. The lowest BCUT2D eigenvalue weighted by atomic mass is 10.3. The average Bonchev–Trinajstić information content (AvgIpc) is 2.74. The number of anilines is 1. The topological polar surface area (TPSA) is 77.7 Å². The van der Waals surface area contributed by atoms with Crippen LogP contribution in [0.1, 0.15) is 17.8 Å². The third-order valence-corrected chi connectivity index (χ3v) is 2.39. The van der Waals surface area contributed by atoms with E-state index in [0.717, 1.165) is 12.3 Å². The number of halogens is 3. The lowest BCUT2D eigenvalue weighted by Crippen LogP contribution is -2.20. The molecule has 9 heteroatoms. The van der Waals surface area contributed by atoms with Crippen LogP contribution in [0.25, 0.3) is 0 Å². The zero-order chi connectivity index (χ0) is 14.0. The average molecular weight is 273 g/mol. The molecule has 0 unspecified atom stereocenters. The fraction of sp³-hybridized carbons (Fsp3) is 0.300. The smallest absolute Gasteiger partial charge is 0.340 e. The normalized spacial score (nSPS) is 11.0. The van der Waals surface area contributed by atoms with Gasteiger partial charge in [0.15, 0.2) is 11.6 Å². The van der Waals surface area contributed by atoms with Crippen molar-refractivity contribution in [3.05, 3.63) is 40.0 Å². The lowest BCUT2D eigenvalue weighted by molar-refractivity contribution is 0.150. The fourth-order valence-electron chi connectivity index (χ4n) is 1.53. The summed E-state index contributed by atoms with van der Waals surface area (Å²) in [5.41, 5.74) is -0.965. The summed E-state index contributed by atoms with van der Waals surface area (Å²) in [6, 6.07) is 0.733. The van der Waals surface area contributed by atoms with Crippen molar-refractivity contribution in [2.45, 2.75) is 13.0 Å². The minimum absolute atomic E-state index is 0.0800. The summed E-state index contributed by atoms with van der Waals surface area (Å²) in [6.07, 6.45) is -1.86. The first-order chi connectivity index (χ1) is 8.97. The van der Waals surface area contributed by atoms with Crippen molar-refractivity contribution in [1.82, 2.24) is 20.2 Å². The Morgan fingerprint density at radius 2 is 2.21 bits per heavy atom. The van der Waals surface area contributed by atoms with Gasteiger partial charge in [0.2, 0.25) is 0 Å². The molecule has 102 valence electrons. The molecule has 2 heterocycles. The molecule has 0 amide bonds. The van der Waals surface area contributed by atoms with Crippen LogP contribution in [0.2, 0.25) is 0 Å². The van der Waals surface area contributed by atoms with E-state index in [-0.39, 0.29) is 18.2 Å². The van der Waals surface area contributed by atoms with Crippen LogP contribution in [0.3, 0.4) is 0 Å². The zero-order valence-corrected chi connectivity index (χ0v) is 9.82. The molecule has 0 radical (unpaired) electrons. The highest BCUT2D eigenvalue weighted by Crippen LogP contribution is 2.23. The van der Waals surface area contributed by atoms with Crippen LogP contribution >= 0.6 is 0 Å². The Bertz CT molecular complexity index is 624. The molecule has 0 atom stereocenters. The predicted octanol–water partition coefficient (Wildman–Crippen LogP) is 1.21. The molecule has 0 aliphatic heterocycles. The van der Waals surface area contributed by atoms with Crippen molar-refractivity contribution in [2.75, 3.05) is 11.9 Å². The van der Waals surface area contributed by atoms with E-state index in [0.29, 0.717) is 0 Å². The van der Waals surface area contributed by atoms with E-state index >= 15 is 0 Å². The van der Waals surface area contributed by atoms with Gasteiger partial charge in [-0.05, 0) is 6.07 Å². The molecule has 0 saturated heterocycles. The highest BCUT2D eigenvalue weighted by molar-refractivity contribution is 5.40. The van der Waals surface area contributed by atoms with Crippen LogP contribution < -0.4 is 10.6 Å². The Morgan fingerprint density at radius 3 is 2.74 bits per heavy atom. The van der Waals surface area contributed by atoms with E-state index in [4.69, 9.17) is 0 Å². The first kappa shape index (κ1) is 13.1. The highest BCUT2D eigenvalue weighted by Gasteiger charge is 2.15. The molecule has 2 N–H and O–H groups in total. The van der Waals surface area contributed by atoms with Crippen molar-refractivity contribution in [3.63, 3.8) is 0 Å². The maximum absolute atomic E-state index is 13.6. The van der Waals surface area contributed by atoms with Gasteiger partial charge >= 0.3 is 5.69 Å². The van der Waals surface area contributed by atoms with Crippen LogP contribution in [0.15, 0.2) is 17.1 Å². The van der Waals surface area contributed by atoms with Gasteiger partial charge in [0, 0.05) is 18.8 Å². The molecule has 0 aliphatic carbocycles. The standard InChI is InChI=1S/C10H10F3N5O/c1-18(4-7-15-10(19)17-16-7)9-6(11)2-5(3-14-9)8(12)13/h2-3,8H,4H2,1H3,(H2,15,16,17,19). The Labute approximate surface area is 105 Å². The summed E-state index contributed by atoms with van der Waals surface area (Å²) in [5.74, 6) is -0.682. The van der Waals surface area contributed by atoms with Gasteiger partial charge in [-0.3, -0.25) is 4.98 Å². The van der Waals surface area contributed by atoms with Crippen molar-refractivity contribution >= 4 is 5.82 Å². The van der Waals surface area contributed by atoms with Crippen LogP contribution in [0, 0.1) is 5.82 Å². The molecule has 0 aliphatic rings. The van der Waals surface area contributed by atoms with E-state index in [2.05, 4.69) is 20.2 Å². The Kier molecular flexibility index (Phi) is 3.54. The number of aromatic nitrogens is 4. The second-order valence-electron chi connectivity index (χ2n) is 3.86. The quantitative estimate of drug-likeness (QED) is 0.877. The molecule has 2 aromatic heterocycles. The molecule has 0 aromatic carbocycles. The monoisotopic (exact) mass is 273 g/mol. The minimum Gasteiger partial charge on any atom is -0.350 e. The predicted molar refractivity (Wildman–Crippen MR) is 60.5 cm³/mol. The van der Waals surface area contributed by atoms with Gasteiger partial charge in [0.25, 0.3) is 6.43 Å². The van der Waals surface area contributed by atoms with Gasteiger partial charge in [-0.2, -0.15) is 5.10 Å². The van der Waals surface area contributed by atoms with E-state index in [1.165, 1.54) is 11.9 Å². The van der Waals surface area contributed by atoms with Crippen LogP contribution in [-0.2, 0) is 6.54 Å². The molecule has 0 fully saturated rings. The number of alkyl halides is 2. The maximum Gasteiger partial charge on any atom is 0.340 e. The number of aromatic amines is 2.